The van der Waals surface area contributed by atoms with E-state index in [0.29, 0.717) is 23.7 Å². The second kappa shape index (κ2) is 11.5. The molecule has 1 N–H and O–H groups in total. The van der Waals surface area contributed by atoms with Gasteiger partial charge in [-0.05, 0) is 69.4 Å². The summed E-state index contributed by atoms with van der Waals surface area (Å²) in [6, 6.07) is 2.94. The highest BCUT2D eigenvalue weighted by Gasteiger charge is 2.24. The van der Waals surface area contributed by atoms with E-state index >= 15 is 0 Å². The van der Waals surface area contributed by atoms with Gasteiger partial charge < -0.3 is 10.2 Å². The van der Waals surface area contributed by atoms with Crippen LogP contribution in [0.4, 0.5) is 8.78 Å². The van der Waals surface area contributed by atoms with Gasteiger partial charge in [-0.15, -0.1) is 5.10 Å². The molecule has 34 heavy (non-hydrogen) atoms. The molecule has 0 atom stereocenters. The van der Waals surface area contributed by atoms with E-state index < -0.39 is 17.5 Å². The summed E-state index contributed by atoms with van der Waals surface area (Å²) in [7, 11) is 0. The number of hydrogen-bond donors (Lipinski definition) is 1. The van der Waals surface area contributed by atoms with E-state index in [2.05, 4.69) is 41.0 Å². The second-order valence-electron chi connectivity index (χ2n) is 9.24. The van der Waals surface area contributed by atoms with Gasteiger partial charge in [0.15, 0.2) is 11.6 Å². The van der Waals surface area contributed by atoms with Gasteiger partial charge in [-0.25, -0.2) is 13.5 Å². The number of carbonyl (C=O) groups is 1. The van der Waals surface area contributed by atoms with Gasteiger partial charge in [0.05, 0.1) is 17.3 Å². The van der Waals surface area contributed by atoms with E-state index in [1.807, 2.05) is 4.68 Å². The van der Waals surface area contributed by atoms with Crippen LogP contribution in [0.25, 0.3) is 17.7 Å². The van der Waals surface area contributed by atoms with Crippen molar-refractivity contribution in [3.05, 3.63) is 52.9 Å². The van der Waals surface area contributed by atoms with Gasteiger partial charge >= 0.3 is 0 Å². The summed E-state index contributed by atoms with van der Waals surface area (Å²) in [5.74, 6) is -2.16. The van der Waals surface area contributed by atoms with Gasteiger partial charge in [-0.1, -0.05) is 31.7 Å². The number of nitrogens with zero attached hydrogens (tertiary/aromatic N) is 4. The maximum Gasteiger partial charge on any atom is 0.254 e. The summed E-state index contributed by atoms with van der Waals surface area (Å²) in [5, 5.41) is 11.2. The first-order valence-corrected chi connectivity index (χ1v) is 12.0. The van der Waals surface area contributed by atoms with Crippen LogP contribution in [0, 0.1) is 17.6 Å². The fourth-order valence-electron chi connectivity index (χ4n) is 4.28. The Balaban J connectivity index is 1.79. The third-order valence-corrected chi connectivity index (χ3v) is 6.32. The predicted octanol–water partition coefficient (Wildman–Crippen LogP) is 5.19. The number of likely N-dealkylation sites (tertiary alicyclic amines) is 1. The molecule has 8 heteroatoms. The van der Waals surface area contributed by atoms with E-state index in [1.54, 1.807) is 26.0 Å². The zero-order valence-corrected chi connectivity index (χ0v) is 20.6. The fourth-order valence-corrected chi connectivity index (χ4v) is 4.28. The third kappa shape index (κ3) is 5.78. The molecule has 1 aliphatic heterocycles. The number of rotatable bonds is 9. The van der Waals surface area contributed by atoms with Crippen molar-refractivity contribution in [3.8, 4) is 0 Å². The molecular weight excluding hydrogens is 436 g/mol. The lowest BCUT2D eigenvalue weighted by Crippen LogP contribution is -2.36. The second-order valence-corrected chi connectivity index (χ2v) is 9.24. The molecule has 0 spiro atoms. The fraction of sp³-hybridized carbons (Fsp3) is 0.500. The molecule has 0 aliphatic carbocycles. The topological polar surface area (TPSA) is 63.1 Å². The zero-order valence-electron chi connectivity index (χ0n) is 20.6. The number of piperidine rings is 1. The lowest BCUT2D eigenvalue weighted by Gasteiger charge is -2.32. The van der Waals surface area contributed by atoms with Crippen molar-refractivity contribution in [1.29, 1.82) is 0 Å². The quantitative estimate of drug-likeness (QED) is 0.547. The van der Waals surface area contributed by atoms with Crippen molar-refractivity contribution in [2.45, 2.75) is 53.0 Å². The molecule has 3 rings (SSSR count). The molecule has 0 radical (unpaired) electrons. The van der Waals surface area contributed by atoms with Crippen LogP contribution >= 0.6 is 0 Å². The van der Waals surface area contributed by atoms with Gasteiger partial charge in [0, 0.05) is 25.2 Å². The number of nitrogens with one attached hydrogen (secondary N) is 1. The summed E-state index contributed by atoms with van der Waals surface area (Å²) in [5.41, 5.74) is 1.57. The molecule has 1 aromatic heterocycles. The minimum atomic E-state index is -1.16. The normalized spacial score (nSPS) is 15.7. The van der Waals surface area contributed by atoms with E-state index in [4.69, 9.17) is 0 Å². The SMILES string of the molecule is C=Cc1c(/C=C(\C)c2ccc(C(=O)NCC)c(F)c2F)nnn1C1CCN(CCC(C)C)CC1. The first-order valence-electron chi connectivity index (χ1n) is 12.0. The van der Waals surface area contributed by atoms with Crippen molar-refractivity contribution in [2.24, 2.45) is 5.92 Å². The molecule has 0 bridgehead atoms. The number of halogens is 2. The molecule has 1 aliphatic rings. The third-order valence-electron chi connectivity index (χ3n) is 6.32. The van der Waals surface area contributed by atoms with Gasteiger partial charge in [0.2, 0.25) is 0 Å². The van der Waals surface area contributed by atoms with Crippen LogP contribution in [-0.4, -0.2) is 52.0 Å². The largest absolute Gasteiger partial charge is 0.352 e. The predicted molar refractivity (Wildman–Crippen MR) is 132 cm³/mol. The van der Waals surface area contributed by atoms with Gasteiger partial charge in [0.25, 0.3) is 5.91 Å². The van der Waals surface area contributed by atoms with Crippen LogP contribution in [0.1, 0.15) is 80.3 Å². The summed E-state index contributed by atoms with van der Waals surface area (Å²) in [6.07, 6.45) is 6.54. The zero-order chi connectivity index (χ0) is 24.8. The standard InChI is InChI=1S/C26H35F2N5O/c1-6-23-22(30-31-33(23)19-11-14-32(15-12-19)13-10-17(3)4)16-18(5)20-8-9-21(25(28)24(20)27)26(34)29-7-2/h6,8-9,16-17,19H,1,7,10-15H2,2-5H3,(H,29,34)/b18-16+. The molecule has 1 amide bonds. The molecule has 0 saturated carbocycles. The Bertz CT molecular complexity index is 1050. The lowest BCUT2D eigenvalue weighted by molar-refractivity contribution is 0.0950. The molecule has 0 unspecified atom stereocenters. The molecule has 184 valence electrons. The number of hydrogen-bond acceptors (Lipinski definition) is 4. The summed E-state index contributed by atoms with van der Waals surface area (Å²) in [6.45, 7) is 15.3. The van der Waals surface area contributed by atoms with Crippen LogP contribution in [0.5, 0.6) is 0 Å². The number of benzene rings is 1. The number of carbonyl (C=O) groups excluding carboxylic acids is 1. The lowest BCUT2D eigenvalue weighted by atomic mass is 10.0. The molecule has 1 saturated heterocycles. The van der Waals surface area contributed by atoms with E-state index in [0.717, 1.165) is 38.2 Å². The minimum absolute atomic E-state index is 0.0774. The Morgan fingerprint density at radius 2 is 1.88 bits per heavy atom. The Labute approximate surface area is 200 Å². The molecule has 1 aromatic carbocycles. The Morgan fingerprint density at radius 1 is 1.24 bits per heavy atom. The molecular formula is C26H35F2N5O. The van der Waals surface area contributed by atoms with E-state index in [-0.39, 0.29) is 17.2 Å². The maximum absolute atomic E-state index is 14.8. The van der Waals surface area contributed by atoms with E-state index in [9.17, 15) is 13.6 Å². The van der Waals surface area contributed by atoms with Gasteiger partial charge in [-0.2, -0.15) is 0 Å². The Hall–Kier alpha value is -2.87. The molecule has 6 nitrogen and oxygen atoms in total. The van der Waals surface area contributed by atoms with Crippen molar-refractivity contribution in [3.63, 3.8) is 0 Å². The number of amides is 1. The Kier molecular flexibility index (Phi) is 8.72. The molecule has 2 aromatic rings. The van der Waals surface area contributed by atoms with Crippen LogP contribution in [0.3, 0.4) is 0 Å². The van der Waals surface area contributed by atoms with Crippen LogP contribution in [0.15, 0.2) is 18.7 Å². The van der Waals surface area contributed by atoms with Crippen LogP contribution in [-0.2, 0) is 0 Å². The maximum atomic E-state index is 14.8. The van der Waals surface area contributed by atoms with Crippen molar-refractivity contribution < 1.29 is 13.6 Å². The highest BCUT2D eigenvalue weighted by Crippen LogP contribution is 2.28. The van der Waals surface area contributed by atoms with Crippen molar-refractivity contribution >= 4 is 23.6 Å². The van der Waals surface area contributed by atoms with E-state index in [1.165, 1.54) is 18.6 Å². The summed E-state index contributed by atoms with van der Waals surface area (Å²) in [4.78, 5) is 14.4. The Morgan fingerprint density at radius 3 is 2.50 bits per heavy atom. The monoisotopic (exact) mass is 471 g/mol. The highest BCUT2D eigenvalue weighted by molar-refractivity contribution is 5.95. The number of allylic oxidation sites excluding steroid dienone is 1. The molecule has 2 heterocycles. The van der Waals surface area contributed by atoms with Gasteiger partial charge in [0.1, 0.15) is 5.69 Å². The first kappa shape index (κ1) is 25.7. The van der Waals surface area contributed by atoms with Crippen molar-refractivity contribution in [1.82, 2.24) is 25.2 Å². The average molecular weight is 472 g/mol. The van der Waals surface area contributed by atoms with Crippen LogP contribution < -0.4 is 5.32 Å². The minimum Gasteiger partial charge on any atom is -0.352 e. The van der Waals surface area contributed by atoms with Crippen LogP contribution in [0.2, 0.25) is 0 Å². The highest BCUT2D eigenvalue weighted by atomic mass is 19.2. The summed E-state index contributed by atoms with van der Waals surface area (Å²) >= 11 is 0. The average Bonchev–Trinajstić information content (AvgIpc) is 3.22. The summed E-state index contributed by atoms with van der Waals surface area (Å²) < 4.78 is 31.2. The molecule has 1 fully saturated rings. The first-order chi connectivity index (χ1) is 16.3. The van der Waals surface area contributed by atoms with Gasteiger partial charge in [-0.3, -0.25) is 4.79 Å². The number of aromatic nitrogens is 3. The van der Waals surface area contributed by atoms with Crippen molar-refractivity contribution in [2.75, 3.05) is 26.2 Å². The smallest absolute Gasteiger partial charge is 0.254 e.